The molecular weight excluding hydrogens is 246 g/mol. The van der Waals surface area contributed by atoms with Crippen molar-refractivity contribution >= 4 is 0 Å². The summed E-state index contributed by atoms with van der Waals surface area (Å²) in [6, 6.07) is 6.43. The maximum absolute atomic E-state index is 6.25. The van der Waals surface area contributed by atoms with Crippen molar-refractivity contribution in [1.82, 2.24) is 0 Å². The predicted octanol–water partition coefficient (Wildman–Crippen LogP) is 4.54. The Balaban J connectivity index is 2.40. The molecule has 0 saturated carbocycles. The minimum absolute atomic E-state index is 0.0146. The van der Waals surface area contributed by atoms with Crippen LogP contribution in [0.4, 0.5) is 0 Å². The number of nitrogens with two attached hydrogens (primary N) is 1. The second-order valence-corrected chi connectivity index (χ2v) is 5.92. The molecule has 2 heteroatoms. The summed E-state index contributed by atoms with van der Waals surface area (Å²) in [5.41, 5.74) is 10.00. The molecule has 0 aliphatic carbocycles. The van der Waals surface area contributed by atoms with Gasteiger partial charge in [-0.15, -0.1) is 0 Å². The predicted molar refractivity (Wildman–Crippen MR) is 87.0 cm³/mol. The zero-order valence-electron chi connectivity index (χ0n) is 13.6. The van der Waals surface area contributed by atoms with Crippen LogP contribution in [-0.2, 0) is 4.74 Å². The van der Waals surface area contributed by atoms with Gasteiger partial charge in [0.2, 0.25) is 0 Å². The fourth-order valence-corrected chi connectivity index (χ4v) is 2.59. The smallest absolute Gasteiger partial charge is 0.0659 e. The van der Waals surface area contributed by atoms with Gasteiger partial charge >= 0.3 is 0 Å². The van der Waals surface area contributed by atoms with Crippen molar-refractivity contribution in [3.63, 3.8) is 0 Å². The van der Waals surface area contributed by atoms with Gasteiger partial charge < -0.3 is 10.5 Å². The molecule has 0 spiro atoms. The maximum atomic E-state index is 6.25. The highest BCUT2D eigenvalue weighted by molar-refractivity contribution is 5.32. The number of aryl methyl sites for hydroxylation is 2. The molecule has 20 heavy (non-hydrogen) atoms. The standard InChI is InChI=1S/C18H31NO/c1-5-7-8-16(6-2)12-20-13-18(19)17-10-9-14(3)11-15(17)4/h9-11,16,18H,5-8,12-13,19H2,1-4H3. The third-order valence-corrected chi connectivity index (χ3v) is 4.02. The molecule has 0 fully saturated rings. The summed E-state index contributed by atoms with van der Waals surface area (Å²) in [7, 11) is 0. The van der Waals surface area contributed by atoms with Crippen molar-refractivity contribution in [2.45, 2.75) is 59.4 Å². The van der Waals surface area contributed by atoms with E-state index in [1.165, 1.54) is 42.4 Å². The number of hydrogen-bond acceptors (Lipinski definition) is 2. The summed E-state index contributed by atoms with van der Waals surface area (Å²) in [5.74, 6) is 0.682. The van der Waals surface area contributed by atoms with E-state index in [4.69, 9.17) is 10.5 Å². The molecule has 0 amide bonds. The molecule has 0 bridgehead atoms. The lowest BCUT2D eigenvalue weighted by atomic mass is 9.99. The van der Waals surface area contributed by atoms with Crippen LogP contribution in [0.15, 0.2) is 18.2 Å². The Morgan fingerprint density at radius 3 is 2.50 bits per heavy atom. The summed E-state index contributed by atoms with van der Waals surface area (Å²) < 4.78 is 5.86. The van der Waals surface area contributed by atoms with Crippen molar-refractivity contribution in [2.24, 2.45) is 11.7 Å². The molecule has 0 aliphatic rings. The molecule has 0 aliphatic heterocycles. The first-order valence-electron chi connectivity index (χ1n) is 7.98. The van der Waals surface area contributed by atoms with Crippen molar-refractivity contribution in [1.29, 1.82) is 0 Å². The fourth-order valence-electron chi connectivity index (χ4n) is 2.59. The van der Waals surface area contributed by atoms with E-state index < -0.39 is 0 Å². The average Bonchev–Trinajstić information content (AvgIpc) is 2.42. The molecule has 1 rings (SSSR count). The Hall–Kier alpha value is -0.860. The highest BCUT2D eigenvalue weighted by Crippen LogP contribution is 2.18. The zero-order chi connectivity index (χ0) is 15.0. The van der Waals surface area contributed by atoms with Crippen LogP contribution < -0.4 is 5.73 Å². The van der Waals surface area contributed by atoms with Crippen LogP contribution in [0, 0.1) is 19.8 Å². The topological polar surface area (TPSA) is 35.2 Å². The van der Waals surface area contributed by atoms with E-state index in [0.717, 1.165) is 6.61 Å². The Kier molecular flexibility index (Phi) is 7.86. The summed E-state index contributed by atoms with van der Waals surface area (Å²) in [6.45, 7) is 10.2. The van der Waals surface area contributed by atoms with Crippen molar-refractivity contribution in [3.05, 3.63) is 34.9 Å². The SMILES string of the molecule is CCCCC(CC)COCC(N)c1ccc(C)cc1C. The summed E-state index contributed by atoms with van der Waals surface area (Å²) in [5, 5.41) is 0. The molecule has 2 nitrogen and oxygen atoms in total. The molecule has 2 unspecified atom stereocenters. The first-order chi connectivity index (χ1) is 9.58. The molecular formula is C18H31NO. The number of ether oxygens (including phenoxy) is 1. The van der Waals surface area contributed by atoms with Gasteiger partial charge in [-0.05, 0) is 37.3 Å². The van der Waals surface area contributed by atoms with Gasteiger partial charge in [-0.1, -0.05) is 56.9 Å². The van der Waals surface area contributed by atoms with Crippen LogP contribution in [0.2, 0.25) is 0 Å². The van der Waals surface area contributed by atoms with Crippen molar-refractivity contribution in [2.75, 3.05) is 13.2 Å². The number of unbranched alkanes of at least 4 members (excludes halogenated alkanes) is 1. The van der Waals surface area contributed by atoms with Gasteiger partial charge in [-0.25, -0.2) is 0 Å². The van der Waals surface area contributed by atoms with Crippen LogP contribution in [-0.4, -0.2) is 13.2 Å². The second-order valence-electron chi connectivity index (χ2n) is 5.92. The molecule has 0 radical (unpaired) electrons. The highest BCUT2D eigenvalue weighted by Gasteiger charge is 2.11. The van der Waals surface area contributed by atoms with Gasteiger partial charge in [-0.3, -0.25) is 0 Å². The van der Waals surface area contributed by atoms with E-state index >= 15 is 0 Å². The maximum Gasteiger partial charge on any atom is 0.0659 e. The molecule has 2 atom stereocenters. The normalized spacial score (nSPS) is 14.2. The Morgan fingerprint density at radius 1 is 1.15 bits per heavy atom. The quantitative estimate of drug-likeness (QED) is 0.719. The Labute approximate surface area is 124 Å². The molecule has 2 N–H and O–H groups in total. The van der Waals surface area contributed by atoms with Crippen LogP contribution in [0.3, 0.4) is 0 Å². The molecule has 114 valence electrons. The second kappa shape index (κ2) is 9.15. The van der Waals surface area contributed by atoms with Crippen LogP contribution in [0.5, 0.6) is 0 Å². The van der Waals surface area contributed by atoms with Crippen LogP contribution in [0.25, 0.3) is 0 Å². The van der Waals surface area contributed by atoms with Gasteiger partial charge in [0, 0.05) is 6.61 Å². The summed E-state index contributed by atoms with van der Waals surface area (Å²) in [6.07, 6.45) is 5.02. The van der Waals surface area contributed by atoms with E-state index in [1.54, 1.807) is 0 Å². The fraction of sp³-hybridized carbons (Fsp3) is 0.667. The summed E-state index contributed by atoms with van der Waals surface area (Å²) >= 11 is 0. The van der Waals surface area contributed by atoms with Gasteiger partial charge in [0.05, 0.1) is 12.6 Å². The van der Waals surface area contributed by atoms with Crippen molar-refractivity contribution < 1.29 is 4.74 Å². The Morgan fingerprint density at radius 2 is 1.90 bits per heavy atom. The lowest BCUT2D eigenvalue weighted by Crippen LogP contribution is -2.20. The van der Waals surface area contributed by atoms with Crippen molar-refractivity contribution in [3.8, 4) is 0 Å². The molecule has 0 heterocycles. The van der Waals surface area contributed by atoms with Gasteiger partial charge in [0.15, 0.2) is 0 Å². The van der Waals surface area contributed by atoms with Crippen LogP contribution >= 0.6 is 0 Å². The summed E-state index contributed by atoms with van der Waals surface area (Å²) in [4.78, 5) is 0. The molecule has 1 aromatic rings. The van der Waals surface area contributed by atoms with E-state index in [-0.39, 0.29) is 6.04 Å². The number of hydrogen-bond donors (Lipinski definition) is 1. The molecule has 0 saturated heterocycles. The largest absolute Gasteiger partial charge is 0.379 e. The van der Waals surface area contributed by atoms with E-state index in [0.29, 0.717) is 12.5 Å². The first kappa shape index (κ1) is 17.2. The lowest BCUT2D eigenvalue weighted by Gasteiger charge is -2.19. The van der Waals surface area contributed by atoms with E-state index in [9.17, 15) is 0 Å². The monoisotopic (exact) mass is 277 g/mol. The van der Waals surface area contributed by atoms with Crippen LogP contribution in [0.1, 0.15) is 62.3 Å². The minimum Gasteiger partial charge on any atom is -0.379 e. The molecule has 1 aromatic carbocycles. The van der Waals surface area contributed by atoms with Gasteiger partial charge in [0.1, 0.15) is 0 Å². The third-order valence-electron chi connectivity index (χ3n) is 4.02. The third kappa shape index (κ3) is 5.64. The van der Waals surface area contributed by atoms with E-state index in [2.05, 4.69) is 45.9 Å². The number of rotatable bonds is 9. The average molecular weight is 277 g/mol. The first-order valence-corrected chi connectivity index (χ1v) is 7.98. The van der Waals surface area contributed by atoms with E-state index in [1.807, 2.05) is 0 Å². The Bertz CT molecular complexity index is 389. The number of benzene rings is 1. The van der Waals surface area contributed by atoms with Gasteiger partial charge in [-0.2, -0.15) is 0 Å². The highest BCUT2D eigenvalue weighted by atomic mass is 16.5. The zero-order valence-corrected chi connectivity index (χ0v) is 13.6. The lowest BCUT2D eigenvalue weighted by molar-refractivity contribution is 0.0836. The molecule has 0 aromatic heterocycles. The van der Waals surface area contributed by atoms with Gasteiger partial charge in [0.25, 0.3) is 0 Å². The minimum atomic E-state index is -0.0146.